The van der Waals surface area contributed by atoms with Crippen LogP contribution in [-0.2, 0) is 4.79 Å². The summed E-state index contributed by atoms with van der Waals surface area (Å²) >= 11 is 0. The summed E-state index contributed by atoms with van der Waals surface area (Å²) in [7, 11) is 0. The van der Waals surface area contributed by atoms with E-state index in [-0.39, 0.29) is 0 Å². The van der Waals surface area contributed by atoms with Crippen LogP contribution >= 0.6 is 0 Å². The highest BCUT2D eigenvalue weighted by atomic mass is 16.4. The lowest BCUT2D eigenvalue weighted by atomic mass is 10.1. The van der Waals surface area contributed by atoms with E-state index in [1.54, 1.807) is 0 Å². The number of hydrogen-bond acceptors (Lipinski definition) is 3. The fourth-order valence-electron chi connectivity index (χ4n) is 0.897. The third-order valence-corrected chi connectivity index (χ3v) is 1.85. The summed E-state index contributed by atoms with van der Waals surface area (Å²) in [6.07, 6.45) is 1.61. The van der Waals surface area contributed by atoms with E-state index in [0.717, 1.165) is 13.0 Å². The Balaban J connectivity index is 3.21. The van der Waals surface area contributed by atoms with E-state index in [2.05, 4.69) is 19.2 Å². The first kappa shape index (κ1) is 12.4. The molecule has 0 saturated carbocycles. The third kappa shape index (κ3) is 7.74. The molecule has 4 nitrogen and oxygen atoms in total. The number of carboxylic acids is 1. The fourth-order valence-corrected chi connectivity index (χ4v) is 0.897. The van der Waals surface area contributed by atoms with Crippen molar-refractivity contribution in [2.75, 3.05) is 13.1 Å². The average Bonchev–Trinajstić information content (AvgIpc) is 2.02. The first-order valence-electron chi connectivity index (χ1n) is 4.73. The van der Waals surface area contributed by atoms with Crippen molar-refractivity contribution in [3.05, 3.63) is 0 Å². The van der Waals surface area contributed by atoms with Crippen molar-refractivity contribution in [2.24, 2.45) is 11.7 Å². The monoisotopic (exact) mass is 188 g/mol. The molecule has 0 aliphatic carbocycles. The molecule has 0 heterocycles. The van der Waals surface area contributed by atoms with Crippen LogP contribution in [0, 0.1) is 5.92 Å². The van der Waals surface area contributed by atoms with Gasteiger partial charge >= 0.3 is 5.97 Å². The highest BCUT2D eigenvalue weighted by molar-refractivity contribution is 5.72. The Morgan fingerprint density at radius 2 is 1.92 bits per heavy atom. The summed E-state index contributed by atoms with van der Waals surface area (Å²) < 4.78 is 0. The maximum absolute atomic E-state index is 10.3. The molecule has 4 N–H and O–H groups in total. The van der Waals surface area contributed by atoms with Gasteiger partial charge in [-0.1, -0.05) is 13.8 Å². The number of nitrogens with two attached hydrogens (primary N) is 1. The molecule has 0 bridgehead atoms. The second-order valence-corrected chi connectivity index (χ2v) is 3.67. The summed E-state index contributed by atoms with van der Waals surface area (Å²) in [4.78, 5) is 10.3. The van der Waals surface area contributed by atoms with Crippen LogP contribution in [0.2, 0.25) is 0 Å². The minimum absolute atomic E-state index is 0.493. The van der Waals surface area contributed by atoms with Gasteiger partial charge in [0.1, 0.15) is 6.04 Å². The Bertz CT molecular complexity index is 149. The summed E-state index contributed by atoms with van der Waals surface area (Å²) in [6, 6.07) is -0.730. The molecule has 0 spiro atoms. The smallest absolute Gasteiger partial charge is 0.320 e. The van der Waals surface area contributed by atoms with Crippen LogP contribution in [0.5, 0.6) is 0 Å². The molecule has 78 valence electrons. The summed E-state index contributed by atoms with van der Waals surface area (Å²) in [5, 5.41) is 11.6. The fraction of sp³-hybridized carbons (Fsp3) is 0.889. The summed E-state index contributed by atoms with van der Waals surface area (Å²) in [5.74, 6) is -0.244. The molecule has 0 radical (unpaired) electrons. The molecule has 4 heteroatoms. The molecule has 0 amide bonds. The van der Waals surface area contributed by atoms with Crippen LogP contribution in [0.4, 0.5) is 0 Å². The van der Waals surface area contributed by atoms with E-state index in [1.807, 2.05) is 0 Å². The van der Waals surface area contributed by atoms with Crippen molar-refractivity contribution in [1.29, 1.82) is 0 Å². The van der Waals surface area contributed by atoms with Crippen molar-refractivity contribution in [3.63, 3.8) is 0 Å². The van der Waals surface area contributed by atoms with E-state index in [1.165, 1.54) is 0 Å². The van der Waals surface area contributed by atoms with Gasteiger partial charge in [0.05, 0.1) is 0 Å². The van der Waals surface area contributed by atoms with E-state index >= 15 is 0 Å². The predicted molar refractivity (Wildman–Crippen MR) is 52.6 cm³/mol. The summed E-state index contributed by atoms with van der Waals surface area (Å²) in [6.45, 7) is 5.93. The maximum atomic E-state index is 10.3. The molecule has 0 aromatic carbocycles. The van der Waals surface area contributed by atoms with E-state index in [0.29, 0.717) is 18.9 Å². The van der Waals surface area contributed by atoms with Crippen LogP contribution < -0.4 is 11.1 Å². The second-order valence-electron chi connectivity index (χ2n) is 3.67. The lowest BCUT2D eigenvalue weighted by Gasteiger charge is -2.08. The van der Waals surface area contributed by atoms with Gasteiger partial charge in [0, 0.05) is 0 Å². The first-order valence-corrected chi connectivity index (χ1v) is 4.73. The van der Waals surface area contributed by atoms with Gasteiger partial charge < -0.3 is 16.2 Å². The lowest BCUT2D eigenvalue weighted by molar-refractivity contribution is -0.138. The molecule has 1 unspecified atom stereocenters. The van der Waals surface area contributed by atoms with Crippen molar-refractivity contribution < 1.29 is 9.90 Å². The average molecular weight is 188 g/mol. The van der Waals surface area contributed by atoms with Crippen LogP contribution in [0.3, 0.4) is 0 Å². The van der Waals surface area contributed by atoms with Gasteiger partial charge in [-0.3, -0.25) is 4.79 Å². The maximum Gasteiger partial charge on any atom is 0.320 e. The molecule has 0 rings (SSSR count). The Kier molecular flexibility index (Phi) is 6.54. The lowest BCUT2D eigenvalue weighted by Crippen LogP contribution is -2.34. The molecular weight excluding hydrogens is 168 g/mol. The first-order chi connectivity index (χ1) is 6.04. The molecule has 0 fully saturated rings. The molecule has 1 atom stereocenters. The standard InChI is InChI=1S/C9H20N2O2/c1-7(2)3-5-11-6-4-8(10)9(12)13/h7-8,11H,3-6,10H2,1-2H3,(H,12,13). The summed E-state index contributed by atoms with van der Waals surface area (Å²) in [5.41, 5.74) is 5.32. The minimum Gasteiger partial charge on any atom is -0.480 e. The van der Waals surface area contributed by atoms with Gasteiger partial charge in [0.25, 0.3) is 0 Å². The Labute approximate surface area is 79.5 Å². The van der Waals surface area contributed by atoms with Gasteiger partial charge in [0.15, 0.2) is 0 Å². The Morgan fingerprint density at radius 1 is 1.38 bits per heavy atom. The van der Waals surface area contributed by atoms with Gasteiger partial charge in [-0.25, -0.2) is 0 Å². The Hall–Kier alpha value is -0.610. The number of rotatable bonds is 7. The zero-order valence-electron chi connectivity index (χ0n) is 8.42. The number of hydrogen-bond donors (Lipinski definition) is 3. The molecule has 0 aliphatic heterocycles. The van der Waals surface area contributed by atoms with Gasteiger partial charge in [0.2, 0.25) is 0 Å². The zero-order chi connectivity index (χ0) is 10.3. The van der Waals surface area contributed by atoms with Gasteiger partial charge in [-0.15, -0.1) is 0 Å². The minimum atomic E-state index is -0.925. The van der Waals surface area contributed by atoms with Gasteiger partial charge in [-0.2, -0.15) is 0 Å². The highest BCUT2D eigenvalue weighted by Crippen LogP contribution is 1.96. The number of aliphatic carboxylic acids is 1. The Morgan fingerprint density at radius 3 is 2.38 bits per heavy atom. The van der Waals surface area contributed by atoms with E-state index < -0.39 is 12.0 Å². The topological polar surface area (TPSA) is 75.3 Å². The predicted octanol–water partition coefficient (Wildman–Crippen LogP) is 0.424. The number of nitrogens with one attached hydrogen (secondary N) is 1. The molecule has 0 saturated heterocycles. The molecular formula is C9H20N2O2. The van der Waals surface area contributed by atoms with Crippen molar-refractivity contribution in [2.45, 2.75) is 32.7 Å². The number of carbonyl (C=O) groups is 1. The molecule has 13 heavy (non-hydrogen) atoms. The third-order valence-electron chi connectivity index (χ3n) is 1.85. The largest absolute Gasteiger partial charge is 0.480 e. The molecule has 0 aromatic rings. The van der Waals surface area contributed by atoms with Crippen molar-refractivity contribution >= 4 is 5.97 Å². The normalized spacial score (nSPS) is 13.2. The van der Waals surface area contributed by atoms with Crippen molar-refractivity contribution in [3.8, 4) is 0 Å². The van der Waals surface area contributed by atoms with Crippen LogP contribution in [-0.4, -0.2) is 30.2 Å². The highest BCUT2D eigenvalue weighted by Gasteiger charge is 2.09. The second kappa shape index (κ2) is 6.86. The van der Waals surface area contributed by atoms with E-state index in [9.17, 15) is 4.79 Å². The van der Waals surface area contributed by atoms with E-state index in [4.69, 9.17) is 10.8 Å². The van der Waals surface area contributed by atoms with Crippen LogP contribution in [0.15, 0.2) is 0 Å². The number of carboxylic acid groups (broad SMARTS) is 1. The SMILES string of the molecule is CC(C)CCNCCC(N)C(=O)O. The van der Waals surface area contributed by atoms with Crippen LogP contribution in [0.25, 0.3) is 0 Å². The molecule has 0 aromatic heterocycles. The van der Waals surface area contributed by atoms with Gasteiger partial charge in [-0.05, 0) is 31.8 Å². The van der Waals surface area contributed by atoms with Crippen molar-refractivity contribution in [1.82, 2.24) is 5.32 Å². The molecule has 0 aliphatic rings. The quantitative estimate of drug-likeness (QED) is 0.506. The zero-order valence-corrected chi connectivity index (χ0v) is 8.42. The van der Waals surface area contributed by atoms with Crippen LogP contribution in [0.1, 0.15) is 26.7 Å².